The van der Waals surface area contributed by atoms with Crippen LogP contribution in [0.2, 0.25) is 5.02 Å². The summed E-state index contributed by atoms with van der Waals surface area (Å²) >= 11 is 5.94. The number of nitrogen functional groups attached to an aromatic ring is 1. The number of hydrazine groups is 1. The van der Waals surface area contributed by atoms with Crippen molar-refractivity contribution in [2.24, 2.45) is 5.84 Å². The van der Waals surface area contributed by atoms with E-state index in [0.717, 1.165) is 0 Å². The van der Waals surface area contributed by atoms with E-state index in [4.69, 9.17) is 22.7 Å². The minimum atomic E-state index is 0.480. The van der Waals surface area contributed by atoms with Crippen molar-refractivity contribution in [3.8, 4) is 6.07 Å². The molecule has 0 amide bonds. The average molecular weight is 289 g/mol. The molecule has 1 heterocycles. The molecule has 1 aromatic heterocycles. The van der Waals surface area contributed by atoms with E-state index in [1.807, 2.05) is 6.92 Å². The van der Waals surface area contributed by atoms with E-state index in [-0.39, 0.29) is 0 Å². The van der Waals surface area contributed by atoms with E-state index in [2.05, 4.69) is 26.8 Å². The molecular formula is C13H13ClN6. The van der Waals surface area contributed by atoms with E-state index in [1.165, 1.54) is 0 Å². The van der Waals surface area contributed by atoms with Crippen molar-refractivity contribution >= 4 is 28.9 Å². The second kappa shape index (κ2) is 6.19. The fourth-order valence-corrected chi connectivity index (χ4v) is 1.82. The Morgan fingerprint density at radius 1 is 1.30 bits per heavy atom. The van der Waals surface area contributed by atoms with Gasteiger partial charge in [0.05, 0.1) is 11.3 Å². The molecule has 6 nitrogen and oxygen atoms in total. The molecule has 4 N–H and O–H groups in total. The van der Waals surface area contributed by atoms with Crippen LogP contribution in [0.15, 0.2) is 24.3 Å². The van der Waals surface area contributed by atoms with Crippen molar-refractivity contribution in [2.45, 2.75) is 13.3 Å². The van der Waals surface area contributed by atoms with E-state index < -0.39 is 0 Å². The quantitative estimate of drug-likeness (QED) is 0.591. The first-order valence-electron chi connectivity index (χ1n) is 5.97. The molecule has 2 rings (SSSR count). The fourth-order valence-electron chi connectivity index (χ4n) is 1.65. The fraction of sp³-hybridized carbons (Fsp3) is 0.154. The zero-order chi connectivity index (χ0) is 14.5. The maximum Gasteiger partial charge on any atom is 0.145 e. The van der Waals surface area contributed by atoms with Crippen molar-refractivity contribution in [3.63, 3.8) is 0 Å². The van der Waals surface area contributed by atoms with Gasteiger partial charge in [-0.05, 0) is 18.2 Å². The van der Waals surface area contributed by atoms with Crippen LogP contribution >= 0.6 is 11.6 Å². The van der Waals surface area contributed by atoms with Gasteiger partial charge in [-0.25, -0.2) is 15.8 Å². The zero-order valence-corrected chi connectivity index (χ0v) is 11.6. The number of hydrogen-bond acceptors (Lipinski definition) is 6. The molecule has 0 atom stereocenters. The maximum atomic E-state index is 9.09. The molecule has 0 radical (unpaired) electrons. The lowest BCUT2D eigenvalue weighted by atomic mass is 10.2. The van der Waals surface area contributed by atoms with Crippen LogP contribution in [0.25, 0.3) is 0 Å². The third kappa shape index (κ3) is 3.15. The molecule has 0 bridgehead atoms. The summed E-state index contributed by atoms with van der Waals surface area (Å²) in [5, 5.41) is 12.7. The summed E-state index contributed by atoms with van der Waals surface area (Å²) in [5.74, 6) is 7.06. The highest BCUT2D eigenvalue weighted by molar-refractivity contribution is 6.30. The Labute approximate surface area is 121 Å². The van der Waals surface area contributed by atoms with Crippen LogP contribution in [0.1, 0.15) is 18.3 Å². The van der Waals surface area contributed by atoms with Gasteiger partial charge < -0.3 is 10.7 Å². The lowest BCUT2D eigenvalue weighted by Gasteiger charge is -2.10. The summed E-state index contributed by atoms with van der Waals surface area (Å²) < 4.78 is 0. The third-order valence-electron chi connectivity index (χ3n) is 2.60. The number of aryl methyl sites for hydroxylation is 1. The molecule has 0 saturated carbocycles. The van der Waals surface area contributed by atoms with Crippen LogP contribution in [0.3, 0.4) is 0 Å². The van der Waals surface area contributed by atoms with E-state index in [9.17, 15) is 0 Å². The summed E-state index contributed by atoms with van der Waals surface area (Å²) in [5.41, 5.74) is 3.55. The van der Waals surface area contributed by atoms with Crippen LogP contribution in [-0.4, -0.2) is 9.97 Å². The lowest BCUT2D eigenvalue weighted by Crippen LogP contribution is -2.11. The van der Waals surface area contributed by atoms with Gasteiger partial charge in [0, 0.05) is 17.5 Å². The highest BCUT2D eigenvalue weighted by atomic mass is 35.5. The predicted octanol–water partition coefficient (Wildman–Crippen LogP) is 2.59. The van der Waals surface area contributed by atoms with Crippen molar-refractivity contribution in [1.29, 1.82) is 5.26 Å². The number of halogens is 1. The number of benzene rings is 1. The summed E-state index contributed by atoms with van der Waals surface area (Å²) in [7, 11) is 0. The smallest absolute Gasteiger partial charge is 0.145 e. The second-order valence-corrected chi connectivity index (χ2v) is 4.42. The Balaban J connectivity index is 2.39. The standard InChI is InChI=1S/C13H13ClN6/c1-2-11-18-12(6-13(19-11)20-16)17-10-5-9(14)4-3-8(10)7-15/h3-6H,2,16H2,1H3,(H2,17,18,19,20). The number of nitrogens with zero attached hydrogens (tertiary/aromatic N) is 3. The molecule has 0 spiro atoms. The van der Waals surface area contributed by atoms with Gasteiger partial charge in [-0.3, -0.25) is 0 Å². The molecule has 0 aliphatic carbocycles. The van der Waals surface area contributed by atoms with E-state index in [0.29, 0.717) is 40.2 Å². The molecule has 0 saturated heterocycles. The van der Waals surface area contributed by atoms with Gasteiger partial charge in [-0.2, -0.15) is 5.26 Å². The Morgan fingerprint density at radius 3 is 2.70 bits per heavy atom. The molecule has 7 heteroatoms. The summed E-state index contributed by atoms with van der Waals surface area (Å²) in [4.78, 5) is 8.52. The SMILES string of the molecule is CCc1nc(NN)cc(Nc2cc(Cl)ccc2C#N)n1. The normalized spacial score (nSPS) is 9.90. The second-order valence-electron chi connectivity index (χ2n) is 3.98. The molecule has 0 aliphatic heterocycles. The van der Waals surface area contributed by atoms with Crippen LogP contribution in [0, 0.1) is 11.3 Å². The number of aromatic nitrogens is 2. The zero-order valence-electron chi connectivity index (χ0n) is 10.8. The topological polar surface area (TPSA) is 99.6 Å². The molecule has 102 valence electrons. The van der Waals surface area contributed by atoms with Gasteiger partial charge in [-0.15, -0.1) is 0 Å². The van der Waals surface area contributed by atoms with E-state index in [1.54, 1.807) is 24.3 Å². The first kappa shape index (κ1) is 14.1. The molecule has 1 aromatic carbocycles. The number of hydrogen-bond donors (Lipinski definition) is 3. The summed E-state index contributed by atoms with van der Waals surface area (Å²) in [6.45, 7) is 1.94. The summed E-state index contributed by atoms with van der Waals surface area (Å²) in [6.07, 6.45) is 0.671. The Morgan fingerprint density at radius 2 is 2.05 bits per heavy atom. The first-order valence-corrected chi connectivity index (χ1v) is 6.35. The number of nitrogens with two attached hydrogens (primary N) is 1. The number of nitrogens with one attached hydrogen (secondary N) is 2. The van der Waals surface area contributed by atoms with Gasteiger partial charge in [-0.1, -0.05) is 18.5 Å². The molecule has 20 heavy (non-hydrogen) atoms. The first-order chi connectivity index (χ1) is 9.66. The van der Waals surface area contributed by atoms with Gasteiger partial charge in [0.1, 0.15) is 23.5 Å². The molecule has 0 fully saturated rings. The van der Waals surface area contributed by atoms with E-state index >= 15 is 0 Å². The largest absolute Gasteiger partial charge is 0.339 e. The highest BCUT2D eigenvalue weighted by Gasteiger charge is 2.07. The van der Waals surface area contributed by atoms with Crippen LogP contribution < -0.4 is 16.6 Å². The Hall–Kier alpha value is -2.36. The van der Waals surface area contributed by atoms with Crippen LogP contribution in [0.5, 0.6) is 0 Å². The van der Waals surface area contributed by atoms with Crippen molar-refractivity contribution < 1.29 is 0 Å². The van der Waals surface area contributed by atoms with Crippen molar-refractivity contribution in [2.75, 3.05) is 10.7 Å². The van der Waals surface area contributed by atoms with Gasteiger partial charge in [0.25, 0.3) is 0 Å². The predicted molar refractivity (Wildman–Crippen MR) is 78.7 cm³/mol. The molecular weight excluding hydrogens is 276 g/mol. The number of nitriles is 1. The lowest BCUT2D eigenvalue weighted by molar-refractivity contribution is 0.941. The Bertz CT molecular complexity index is 642. The van der Waals surface area contributed by atoms with Crippen molar-refractivity contribution in [1.82, 2.24) is 9.97 Å². The van der Waals surface area contributed by atoms with Crippen LogP contribution in [-0.2, 0) is 6.42 Å². The Kier molecular flexibility index (Phi) is 4.35. The monoisotopic (exact) mass is 288 g/mol. The highest BCUT2D eigenvalue weighted by Crippen LogP contribution is 2.24. The minimum Gasteiger partial charge on any atom is -0.339 e. The van der Waals surface area contributed by atoms with Crippen LogP contribution in [0.4, 0.5) is 17.3 Å². The summed E-state index contributed by atoms with van der Waals surface area (Å²) in [6, 6.07) is 8.73. The van der Waals surface area contributed by atoms with Gasteiger partial charge in [0.2, 0.25) is 0 Å². The minimum absolute atomic E-state index is 0.480. The van der Waals surface area contributed by atoms with Gasteiger partial charge in [0.15, 0.2) is 0 Å². The molecule has 0 unspecified atom stereocenters. The third-order valence-corrected chi connectivity index (χ3v) is 2.84. The molecule has 2 aromatic rings. The maximum absolute atomic E-state index is 9.09. The van der Waals surface area contributed by atoms with Gasteiger partial charge >= 0.3 is 0 Å². The average Bonchev–Trinajstić information content (AvgIpc) is 2.47. The number of anilines is 3. The molecule has 0 aliphatic rings. The van der Waals surface area contributed by atoms with Crippen molar-refractivity contribution in [3.05, 3.63) is 40.7 Å². The number of rotatable bonds is 4.